The number of nitro benzene ring substituents is 4. The smallest absolute Gasteiger partial charge is 0.370 e. The van der Waals surface area contributed by atoms with Crippen LogP contribution in [0.4, 0.5) is 22.7 Å². The minimum absolute atomic E-state index is 0.0111. The van der Waals surface area contributed by atoms with Crippen LogP contribution in [0.15, 0.2) is 127 Å². The lowest BCUT2D eigenvalue weighted by molar-refractivity contribution is -0.387. The SMILES string of the molecule is C[Si](OC(c1ccccc1[N+](=O)[O-])c1ccccc1[N+](=O)[O-])(OC(c1ccccc1[N+](=O)[O-])c1ccccc1[N+](=O)[O-])c1ccccc1. The van der Waals surface area contributed by atoms with Crippen molar-refractivity contribution in [1.29, 1.82) is 0 Å². The topological polar surface area (TPSA) is 191 Å². The Balaban J connectivity index is 1.79. The van der Waals surface area contributed by atoms with Crippen LogP contribution in [-0.4, -0.2) is 28.3 Å². The molecule has 5 aromatic rings. The van der Waals surface area contributed by atoms with E-state index in [1.165, 1.54) is 97.1 Å². The first-order valence-corrected chi connectivity index (χ1v) is 16.7. The Labute approximate surface area is 273 Å². The fourth-order valence-electron chi connectivity index (χ4n) is 5.45. The number of benzene rings is 5. The van der Waals surface area contributed by atoms with Crippen LogP contribution >= 0.6 is 0 Å². The summed E-state index contributed by atoms with van der Waals surface area (Å²) >= 11 is 0. The minimum Gasteiger partial charge on any atom is -0.379 e. The van der Waals surface area contributed by atoms with E-state index in [0.717, 1.165) is 0 Å². The van der Waals surface area contributed by atoms with Gasteiger partial charge in [0.25, 0.3) is 22.7 Å². The Morgan fingerprint density at radius 1 is 0.438 bits per heavy atom. The van der Waals surface area contributed by atoms with Crippen LogP contribution in [0, 0.1) is 40.5 Å². The van der Waals surface area contributed by atoms with Crippen molar-refractivity contribution in [2.24, 2.45) is 0 Å². The average molecular weight is 667 g/mol. The molecule has 0 spiro atoms. The molecule has 0 aliphatic rings. The largest absolute Gasteiger partial charge is 0.379 e. The molecule has 48 heavy (non-hydrogen) atoms. The van der Waals surface area contributed by atoms with Gasteiger partial charge in [-0.3, -0.25) is 40.5 Å². The molecule has 0 radical (unpaired) electrons. The van der Waals surface area contributed by atoms with Gasteiger partial charge in [0.15, 0.2) is 0 Å². The van der Waals surface area contributed by atoms with Gasteiger partial charge in [-0.25, -0.2) is 0 Å². The Morgan fingerprint density at radius 3 is 0.958 bits per heavy atom. The fraction of sp³-hybridized carbons (Fsp3) is 0.0909. The molecule has 242 valence electrons. The molecule has 5 rings (SSSR count). The molecule has 0 heterocycles. The number of nitro groups is 4. The number of nitrogens with zero attached hydrogens (tertiary/aromatic N) is 4. The highest BCUT2D eigenvalue weighted by molar-refractivity contribution is 6.80. The molecule has 0 bridgehead atoms. The van der Waals surface area contributed by atoms with Crippen molar-refractivity contribution < 1.29 is 28.5 Å². The molecule has 0 aliphatic carbocycles. The predicted molar refractivity (Wildman–Crippen MR) is 176 cm³/mol. The molecule has 0 aliphatic heterocycles. The van der Waals surface area contributed by atoms with Crippen LogP contribution in [0.3, 0.4) is 0 Å². The lowest BCUT2D eigenvalue weighted by Crippen LogP contribution is -2.52. The normalized spacial score (nSPS) is 11.4. The summed E-state index contributed by atoms with van der Waals surface area (Å²) in [6.45, 7) is 1.58. The molecular formula is C33H26N4O10Si. The summed E-state index contributed by atoms with van der Waals surface area (Å²) in [5, 5.41) is 49.4. The van der Waals surface area contributed by atoms with Gasteiger partial charge in [0.05, 0.1) is 41.9 Å². The van der Waals surface area contributed by atoms with Gasteiger partial charge in [-0.05, 0) is 36.0 Å². The van der Waals surface area contributed by atoms with Crippen molar-refractivity contribution in [2.45, 2.75) is 18.8 Å². The van der Waals surface area contributed by atoms with Gasteiger partial charge in [-0.1, -0.05) is 78.9 Å². The second kappa shape index (κ2) is 14.1. The summed E-state index contributed by atoms with van der Waals surface area (Å²) in [5.41, 5.74) is -1.55. The monoisotopic (exact) mass is 666 g/mol. The van der Waals surface area contributed by atoms with E-state index >= 15 is 0 Å². The van der Waals surface area contributed by atoms with Crippen molar-refractivity contribution >= 4 is 36.5 Å². The molecule has 0 atom stereocenters. The quantitative estimate of drug-likeness (QED) is 0.0704. The lowest BCUT2D eigenvalue weighted by atomic mass is 9.98. The zero-order valence-corrected chi connectivity index (χ0v) is 26.2. The van der Waals surface area contributed by atoms with Gasteiger partial charge in [0, 0.05) is 24.3 Å². The molecular weight excluding hydrogens is 640 g/mol. The zero-order chi connectivity index (χ0) is 34.4. The summed E-state index contributed by atoms with van der Waals surface area (Å²) in [6, 6.07) is 31.0. The molecule has 5 aromatic carbocycles. The van der Waals surface area contributed by atoms with Crippen LogP contribution in [-0.2, 0) is 8.85 Å². The van der Waals surface area contributed by atoms with Crippen LogP contribution < -0.4 is 5.19 Å². The van der Waals surface area contributed by atoms with Crippen LogP contribution in [0.25, 0.3) is 0 Å². The van der Waals surface area contributed by atoms with E-state index < -0.39 is 40.5 Å². The Bertz CT molecular complexity index is 1770. The van der Waals surface area contributed by atoms with Gasteiger partial charge in [-0.15, -0.1) is 0 Å². The maximum absolute atomic E-state index is 12.2. The summed E-state index contributed by atoms with van der Waals surface area (Å²) < 4.78 is 13.6. The van der Waals surface area contributed by atoms with Crippen molar-refractivity contribution in [3.63, 3.8) is 0 Å². The summed E-state index contributed by atoms with van der Waals surface area (Å²) in [6.07, 6.45) is -2.91. The zero-order valence-electron chi connectivity index (χ0n) is 25.2. The van der Waals surface area contributed by atoms with E-state index in [-0.39, 0.29) is 45.0 Å². The van der Waals surface area contributed by atoms with Gasteiger partial charge in [0.2, 0.25) is 0 Å². The standard InChI is InChI=1S/C33H26N4O10Si/c1-48(23-13-3-2-4-14-23,46-32(24-15-5-9-19-28(24)34(38)39)25-16-6-10-20-29(25)35(40)41)47-33(26-17-7-11-21-30(26)36(42)43)27-18-8-12-22-31(27)37(44)45/h2-22,32-33H,1H3. The van der Waals surface area contributed by atoms with E-state index in [1.807, 2.05) is 0 Å². The maximum atomic E-state index is 12.2. The molecule has 0 N–H and O–H groups in total. The van der Waals surface area contributed by atoms with E-state index in [4.69, 9.17) is 8.85 Å². The van der Waals surface area contributed by atoms with Crippen molar-refractivity contribution in [3.8, 4) is 0 Å². The Morgan fingerprint density at radius 2 is 0.688 bits per heavy atom. The third kappa shape index (κ3) is 6.82. The number of para-hydroxylation sites is 4. The molecule has 0 saturated heterocycles. The molecule has 0 amide bonds. The van der Waals surface area contributed by atoms with E-state index in [9.17, 15) is 40.5 Å². The van der Waals surface area contributed by atoms with Gasteiger partial charge in [-0.2, -0.15) is 0 Å². The van der Waals surface area contributed by atoms with E-state index in [0.29, 0.717) is 5.19 Å². The first-order valence-electron chi connectivity index (χ1n) is 14.4. The third-order valence-corrected chi connectivity index (χ3v) is 10.4. The summed E-state index contributed by atoms with van der Waals surface area (Å²) in [7, 11) is -4.10. The molecule has 0 unspecified atom stereocenters. The summed E-state index contributed by atoms with van der Waals surface area (Å²) in [4.78, 5) is 46.4. The van der Waals surface area contributed by atoms with E-state index in [2.05, 4.69) is 0 Å². The highest BCUT2D eigenvalue weighted by Crippen LogP contribution is 2.43. The maximum Gasteiger partial charge on any atom is 0.370 e. The van der Waals surface area contributed by atoms with Crippen molar-refractivity contribution in [2.75, 3.05) is 0 Å². The highest BCUT2D eigenvalue weighted by Gasteiger charge is 2.45. The van der Waals surface area contributed by atoms with Gasteiger partial charge < -0.3 is 8.85 Å². The lowest BCUT2D eigenvalue weighted by Gasteiger charge is -2.35. The molecule has 0 fully saturated rings. The van der Waals surface area contributed by atoms with E-state index in [1.54, 1.807) is 36.9 Å². The minimum atomic E-state index is -4.10. The molecule has 0 saturated carbocycles. The number of rotatable bonds is 13. The predicted octanol–water partition coefficient (Wildman–Crippen LogP) is 7.21. The Hall–Kier alpha value is -6.16. The van der Waals surface area contributed by atoms with Crippen molar-refractivity contribution in [3.05, 3.63) is 190 Å². The first-order chi connectivity index (χ1) is 23.0. The first kappa shape index (κ1) is 33.2. The molecule has 15 heteroatoms. The average Bonchev–Trinajstić information content (AvgIpc) is 3.10. The van der Waals surface area contributed by atoms with Crippen LogP contribution in [0.5, 0.6) is 0 Å². The third-order valence-electron chi connectivity index (χ3n) is 7.65. The van der Waals surface area contributed by atoms with Crippen LogP contribution in [0.1, 0.15) is 34.5 Å². The van der Waals surface area contributed by atoms with Crippen molar-refractivity contribution in [1.82, 2.24) is 0 Å². The Kier molecular flexibility index (Phi) is 9.74. The van der Waals surface area contributed by atoms with Gasteiger partial charge in [0.1, 0.15) is 12.2 Å². The summed E-state index contributed by atoms with van der Waals surface area (Å²) in [5.74, 6) is 0. The second-order valence-electron chi connectivity index (χ2n) is 10.6. The van der Waals surface area contributed by atoms with Gasteiger partial charge >= 0.3 is 8.56 Å². The number of hydrogen-bond acceptors (Lipinski definition) is 10. The fourth-order valence-corrected chi connectivity index (χ4v) is 7.98. The molecule has 14 nitrogen and oxygen atoms in total. The highest BCUT2D eigenvalue weighted by atomic mass is 28.4. The second-order valence-corrected chi connectivity index (χ2v) is 13.5. The number of hydrogen-bond donors (Lipinski definition) is 0. The van der Waals surface area contributed by atoms with Crippen LogP contribution in [0.2, 0.25) is 6.55 Å². The molecule has 0 aromatic heterocycles.